The summed E-state index contributed by atoms with van der Waals surface area (Å²) in [5, 5.41) is 0. The fourth-order valence-corrected chi connectivity index (χ4v) is 2.56. The number of rotatable bonds is 14. The molecular weight excluding hydrogens is 300 g/mol. The molecule has 142 valence electrons. The lowest BCUT2D eigenvalue weighted by Gasteiger charge is -2.21. The summed E-state index contributed by atoms with van der Waals surface area (Å²) in [6, 6.07) is 0.291. The van der Waals surface area contributed by atoms with Gasteiger partial charge in [-0.05, 0) is 59.7 Å². The lowest BCUT2D eigenvalue weighted by Crippen LogP contribution is -2.32. The van der Waals surface area contributed by atoms with Crippen molar-refractivity contribution in [1.82, 2.24) is 9.80 Å². The van der Waals surface area contributed by atoms with Gasteiger partial charge >= 0.3 is 0 Å². The smallest absolute Gasteiger partial charge is 0.222 e. The van der Waals surface area contributed by atoms with Crippen LogP contribution in [-0.4, -0.2) is 54.7 Å². The summed E-state index contributed by atoms with van der Waals surface area (Å²) in [5.74, 6) is 0.829. The molecule has 0 aromatic rings. The molecule has 0 fully saturated rings. The number of carbonyl (C=O) groups excluding carboxylic acids is 2. The molecule has 0 bridgehead atoms. The number of hydrogen-bond acceptors (Lipinski definition) is 3. The first-order valence-electron chi connectivity index (χ1n) is 9.72. The van der Waals surface area contributed by atoms with Crippen LogP contribution in [-0.2, 0) is 9.59 Å². The lowest BCUT2D eigenvalue weighted by atomic mass is 10.0. The summed E-state index contributed by atoms with van der Waals surface area (Å²) in [4.78, 5) is 27.6. The van der Waals surface area contributed by atoms with Gasteiger partial charge < -0.3 is 9.80 Å². The number of hydrogen-bond donors (Lipinski definition) is 0. The van der Waals surface area contributed by atoms with E-state index < -0.39 is 0 Å². The van der Waals surface area contributed by atoms with E-state index in [-0.39, 0.29) is 11.8 Å². The predicted octanol–water partition coefficient (Wildman–Crippen LogP) is 4.13. The van der Waals surface area contributed by atoms with Gasteiger partial charge in [0.1, 0.15) is 5.78 Å². The number of unbranched alkanes of at least 4 members (excludes halogenated alkanes) is 4. The first-order valence-corrected chi connectivity index (χ1v) is 9.72. The van der Waals surface area contributed by atoms with Crippen molar-refractivity contribution in [3.63, 3.8) is 0 Å². The van der Waals surface area contributed by atoms with E-state index in [1.807, 2.05) is 39.6 Å². The van der Waals surface area contributed by atoms with Gasteiger partial charge in [0.05, 0.1) is 0 Å². The number of amides is 1. The predicted molar refractivity (Wildman–Crippen MR) is 102 cm³/mol. The summed E-state index contributed by atoms with van der Waals surface area (Å²) in [5.41, 5.74) is 0. The van der Waals surface area contributed by atoms with Crippen molar-refractivity contribution in [2.75, 3.05) is 27.2 Å². The molecule has 0 saturated carbocycles. The van der Waals surface area contributed by atoms with Gasteiger partial charge in [-0.3, -0.25) is 9.59 Å². The van der Waals surface area contributed by atoms with Crippen LogP contribution in [0.25, 0.3) is 0 Å². The van der Waals surface area contributed by atoms with E-state index in [0.29, 0.717) is 18.2 Å². The second-order valence-electron chi connectivity index (χ2n) is 7.64. The molecule has 0 N–H and O–H groups in total. The number of carbonyl (C=O) groups is 2. The van der Waals surface area contributed by atoms with Crippen LogP contribution in [0.5, 0.6) is 0 Å². The Kier molecular flexibility index (Phi) is 12.9. The molecule has 0 heterocycles. The quantitative estimate of drug-likeness (QED) is 0.446. The van der Waals surface area contributed by atoms with E-state index in [2.05, 4.69) is 11.9 Å². The molecule has 0 radical (unpaired) electrons. The number of Topliss-reactive ketones (excluding diaryl/α,β-unsaturated/α-hetero) is 1. The Morgan fingerprint density at radius 3 is 1.71 bits per heavy atom. The fourth-order valence-electron chi connectivity index (χ4n) is 2.56. The van der Waals surface area contributed by atoms with Gasteiger partial charge in [0.25, 0.3) is 0 Å². The average molecular weight is 341 g/mol. The van der Waals surface area contributed by atoms with Crippen LogP contribution in [0.4, 0.5) is 0 Å². The Balaban J connectivity index is 3.52. The summed E-state index contributed by atoms with van der Waals surface area (Å²) in [6.45, 7) is 10.2. The molecule has 1 amide bonds. The maximum atomic E-state index is 11.9. The molecule has 0 aromatic carbocycles. The van der Waals surface area contributed by atoms with Gasteiger partial charge in [0, 0.05) is 31.8 Å². The van der Waals surface area contributed by atoms with Crippen molar-refractivity contribution in [2.45, 2.75) is 85.1 Å². The maximum absolute atomic E-state index is 11.9. The van der Waals surface area contributed by atoms with Crippen LogP contribution in [0.1, 0.15) is 79.1 Å². The third-order valence-electron chi connectivity index (χ3n) is 4.71. The molecule has 0 rings (SSSR count). The normalized spacial score (nSPS) is 11.5. The van der Waals surface area contributed by atoms with Crippen LogP contribution in [0, 0.1) is 5.92 Å². The zero-order valence-electron chi connectivity index (χ0n) is 16.9. The maximum Gasteiger partial charge on any atom is 0.222 e. The van der Waals surface area contributed by atoms with Crippen molar-refractivity contribution < 1.29 is 9.59 Å². The van der Waals surface area contributed by atoms with Crippen molar-refractivity contribution in [3.8, 4) is 0 Å². The highest BCUT2D eigenvalue weighted by atomic mass is 16.2. The largest absolute Gasteiger partial charge is 0.343 e. The topological polar surface area (TPSA) is 40.6 Å². The Morgan fingerprint density at radius 1 is 0.750 bits per heavy atom. The molecule has 0 aliphatic carbocycles. The standard InChI is InChI=1S/C20H40N2O2/c1-17(2)19(23)13-9-7-11-15-21(5)16-12-8-10-14-20(24)22(6)18(3)4/h17-18H,7-16H2,1-6H3. The summed E-state index contributed by atoms with van der Waals surface area (Å²) < 4.78 is 0. The van der Waals surface area contributed by atoms with E-state index in [0.717, 1.165) is 51.6 Å². The molecule has 24 heavy (non-hydrogen) atoms. The van der Waals surface area contributed by atoms with Crippen molar-refractivity contribution in [1.29, 1.82) is 0 Å². The minimum atomic E-state index is 0.180. The Bertz CT molecular complexity index is 354. The van der Waals surface area contributed by atoms with E-state index >= 15 is 0 Å². The average Bonchev–Trinajstić information content (AvgIpc) is 2.52. The summed E-state index contributed by atoms with van der Waals surface area (Å²) in [7, 11) is 4.05. The number of nitrogens with zero attached hydrogens (tertiary/aromatic N) is 2. The Hall–Kier alpha value is -0.900. The van der Waals surface area contributed by atoms with Crippen LogP contribution in [0.3, 0.4) is 0 Å². The second kappa shape index (κ2) is 13.4. The van der Waals surface area contributed by atoms with Crippen molar-refractivity contribution in [3.05, 3.63) is 0 Å². The molecule has 4 heteroatoms. The van der Waals surface area contributed by atoms with E-state index in [1.165, 1.54) is 6.42 Å². The molecule has 0 aromatic heterocycles. The van der Waals surface area contributed by atoms with Crippen LogP contribution < -0.4 is 0 Å². The van der Waals surface area contributed by atoms with Gasteiger partial charge in [0.2, 0.25) is 5.91 Å². The first kappa shape index (κ1) is 23.1. The number of ketones is 1. The highest BCUT2D eigenvalue weighted by Crippen LogP contribution is 2.08. The molecule has 0 spiro atoms. The molecule has 0 aliphatic rings. The zero-order valence-corrected chi connectivity index (χ0v) is 16.9. The molecule has 0 saturated heterocycles. The van der Waals surface area contributed by atoms with Gasteiger partial charge in [-0.2, -0.15) is 0 Å². The SMILES string of the molecule is CC(C)C(=O)CCCCCN(C)CCCCCC(=O)N(C)C(C)C. The minimum Gasteiger partial charge on any atom is -0.343 e. The van der Waals surface area contributed by atoms with E-state index in [9.17, 15) is 9.59 Å². The van der Waals surface area contributed by atoms with Gasteiger partial charge in [-0.25, -0.2) is 0 Å². The third-order valence-corrected chi connectivity index (χ3v) is 4.71. The molecule has 0 aliphatic heterocycles. The first-order chi connectivity index (χ1) is 11.3. The molecule has 0 atom stereocenters. The minimum absolute atomic E-state index is 0.180. The third kappa shape index (κ3) is 11.6. The van der Waals surface area contributed by atoms with Gasteiger partial charge in [0.15, 0.2) is 0 Å². The van der Waals surface area contributed by atoms with E-state index in [4.69, 9.17) is 0 Å². The fraction of sp³-hybridized carbons (Fsp3) is 0.900. The highest BCUT2D eigenvalue weighted by molar-refractivity contribution is 5.80. The Labute approximate surface area is 150 Å². The highest BCUT2D eigenvalue weighted by Gasteiger charge is 2.11. The molecule has 4 nitrogen and oxygen atoms in total. The van der Waals surface area contributed by atoms with Crippen LogP contribution in [0.2, 0.25) is 0 Å². The molecule has 0 unspecified atom stereocenters. The van der Waals surface area contributed by atoms with Gasteiger partial charge in [-0.1, -0.05) is 26.7 Å². The second-order valence-corrected chi connectivity index (χ2v) is 7.64. The Morgan fingerprint density at radius 2 is 1.25 bits per heavy atom. The van der Waals surface area contributed by atoms with Crippen molar-refractivity contribution in [2.24, 2.45) is 5.92 Å². The molecular formula is C20H40N2O2. The monoisotopic (exact) mass is 340 g/mol. The van der Waals surface area contributed by atoms with E-state index in [1.54, 1.807) is 0 Å². The zero-order chi connectivity index (χ0) is 18.5. The van der Waals surface area contributed by atoms with Crippen LogP contribution >= 0.6 is 0 Å². The van der Waals surface area contributed by atoms with Gasteiger partial charge in [-0.15, -0.1) is 0 Å². The summed E-state index contributed by atoms with van der Waals surface area (Å²) >= 11 is 0. The van der Waals surface area contributed by atoms with Crippen LogP contribution in [0.15, 0.2) is 0 Å². The lowest BCUT2D eigenvalue weighted by molar-refractivity contribution is -0.131. The van der Waals surface area contributed by atoms with Crippen molar-refractivity contribution >= 4 is 11.7 Å². The summed E-state index contributed by atoms with van der Waals surface area (Å²) in [6.07, 6.45) is 7.99.